The molecule has 1 N–H and O–H groups in total. The molecule has 0 atom stereocenters. The van der Waals surface area contributed by atoms with Gasteiger partial charge in [0, 0.05) is 11.4 Å². The predicted octanol–water partition coefficient (Wildman–Crippen LogP) is 3.03. The minimum atomic E-state index is -0.177. The van der Waals surface area contributed by atoms with Gasteiger partial charge in [-0.3, -0.25) is 4.79 Å². The van der Waals surface area contributed by atoms with Crippen LogP contribution in [0.2, 0.25) is 0 Å². The molecule has 0 aliphatic rings. The Kier molecular flexibility index (Phi) is 5.87. The van der Waals surface area contributed by atoms with E-state index in [-0.39, 0.29) is 11.7 Å². The minimum Gasteiger partial charge on any atom is -0.272 e. The van der Waals surface area contributed by atoms with Crippen LogP contribution in [0.1, 0.15) is 29.4 Å². The maximum Gasteiger partial charge on any atom is 0.250 e. The fraction of sp³-hybridized carbons (Fsp3) is 0.294. The van der Waals surface area contributed by atoms with Gasteiger partial charge in [-0.25, -0.2) is 15.4 Å². The van der Waals surface area contributed by atoms with Gasteiger partial charge in [-0.05, 0) is 39.3 Å². The van der Waals surface area contributed by atoms with Crippen LogP contribution in [-0.4, -0.2) is 27.3 Å². The second kappa shape index (κ2) is 7.87. The van der Waals surface area contributed by atoms with Gasteiger partial charge in [0.1, 0.15) is 0 Å². The molecule has 2 aromatic rings. The first kappa shape index (κ1) is 17.1. The summed E-state index contributed by atoms with van der Waals surface area (Å²) in [4.78, 5) is 20.5. The van der Waals surface area contributed by atoms with Gasteiger partial charge < -0.3 is 0 Å². The van der Waals surface area contributed by atoms with Crippen LogP contribution in [0.4, 0.5) is 0 Å². The van der Waals surface area contributed by atoms with Crippen molar-refractivity contribution in [1.82, 2.24) is 15.4 Å². The maximum absolute atomic E-state index is 11.9. The summed E-state index contributed by atoms with van der Waals surface area (Å²) in [5.41, 5.74) is 7.31. The lowest BCUT2D eigenvalue weighted by molar-refractivity contribution is -0.118. The number of hydrogen-bond donors (Lipinski definition) is 1. The third kappa shape index (κ3) is 5.49. The highest BCUT2D eigenvalue weighted by atomic mass is 32.2. The number of amides is 1. The zero-order valence-corrected chi connectivity index (χ0v) is 14.6. The van der Waals surface area contributed by atoms with E-state index < -0.39 is 0 Å². The van der Waals surface area contributed by atoms with Gasteiger partial charge in [-0.15, -0.1) is 0 Å². The highest BCUT2D eigenvalue weighted by molar-refractivity contribution is 7.99. The molecule has 0 saturated carbocycles. The molecule has 0 spiro atoms. The van der Waals surface area contributed by atoms with Crippen LogP contribution in [0.5, 0.6) is 0 Å². The maximum atomic E-state index is 11.9. The van der Waals surface area contributed by atoms with Crippen molar-refractivity contribution in [2.45, 2.75) is 32.9 Å². The molecule has 23 heavy (non-hydrogen) atoms. The molecule has 5 nitrogen and oxygen atoms in total. The highest BCUT2D eigenvalue weighted by Gasteiger charge is 2.06. The lowest BCUT2D eigenvalue weighted by atomic mass is 10.1. The summed E-state index contributed by atoms with van der Waals surface area (Å²) in [5.74, 6) is 0.0531. The summed E-state index contributed by atoms with van der Waals surface area (Å²) in [6.07, 6.45) is 0. The molecule has 0 aliphatic carbocycles. The van der Waals surface area contributed by atoms with Crippen molar-refractivity contribution in [2.24, 2.45) is 5.10 Å². The SMILES string of the molecule is C/C(=N\NC(=O)CSc1nc(C)cc(C)n1)c1ccc(C)cc1. The standard InChI is InChI=1S/C17H20N4OS/c1-11-5-7-15(8-6-11)14(4)20-21-16(22)10-23-17-18-12(2)9-13(3)19-17/h5-9H,10H2,1-4H3,(H,21,22)/b20-14+. The largest absolute Gasteiger partial charge is 0.272 e. The first-order valence-electron chi connectivity index (χ1n) is 7.29. The summed E-state index contributed by atoms with van der Waals surface area (Å²) in [6, 6.07) is 9.91. The average molecular weight is 328 g/mol. The lowest BCUT2D eigenvalue weighted by Gasteiger charge is -2.04. The Bertz CT molecular complexity index is 706. The summed E-state index contributed by atoms with van der Waals surface area (Å²) < 4.78 is 0. The Hall–Kier alpha value is -2.21. The first-order valence-corrected chi connectivity index (χ1v) is 8.28. The third-order valence-electron chi connectivity index (χ3n) is 3.11. The van der Waals surface area contributed by atoms with Crippen LogP contribution in [0.25, 0.3) is 0 Å². The number of nitrogens with zero attached hydrogens (tertiary/aromatic N) is 3. The second-order valence-electron chi connectivity index (χ2n) is 5.32. The summed E-state index contributed by atoms with van der Waals surface area (Å²) in [6.45, 7) is 7.72. The van der Waals surface area contributed by atoms with Crippen LogP contribution in [0.15, 0.2) is 40.6 Å². The number of nitrogens with one attached hydrogen (secondary N) is 1. The molecule has 1 aromatic carbocycles. The molecule has 6 heteroatoms. The zero-order valence-electron chi connectivity index (χ0n) is 13.8. The Morgan fingerprint density at radius 2 is 1.74 bits per heavy atom. The predicted molar refractivity (Wildman–Crippen MR) is 93.8 cm³/mol. The van der Waals surface area contributed by atoms with Gasteiger partial charge in [0.25, 0.3) is 5.91 Å². The van der Waals surface area contributed by atoms with E-state index in [1.54, 1.807) is 0 Å². The van der Waals surface area contributed by atoms with E-state index in [2.05, 4.69) is 20.5 Å². The molecular formula is C17H20N4OS. The molecule has 0 fully saturated rings. The fourth-order valence-electron chi connectivity index (χ4n) is 1.93. The van der Waals surface area contributed by atoms with Crippen molar-refractivity contribution in [3.05, 3.63) is 52.8 Å². The fourth-order valence-corrected chi connectivity index (χ4v) is 2.67. The number of hydrazone groups is 1. The number of thioether (sulfide) groups is 1. The van der Waals surface area contributed by atoms with Gasteiger partial charge in [0.05, 0.1) is 11.5 Å². The van der Waals surface area contributed by atoms with E-state index in [1.807, 2.05) is 58.0 Å². The highest BCUT2D eigenvalue weighted by Crippen LogP contribution is 2.13. The zero-order chi connectivity index (χ0) is 16.8. The summed E-state index contributed by atoms with van der Waals surface area (Å²) in [7, 11) is 0. The topological polar surface area (TPSA) is 67.2 Å². The van der Waals surface area contributed by atoms with Gasteiger partial charge in [0.15, 0.2) is 5.16 Å². The molecule has 1 heterocycles. The van der Waals surface area contributed by atoms with E-state index in [4.69, 9.17) is 0 Å². The molecular weight excluding hydrogens is 308 g/mol. The van der Waals surface area contributed by atoms with E-state index in [9.17, 15) is 4.79 Å². The Balaban J connectivity index is 1.89. The molecule has 0 aliphatic heterocycles. The minimum absolute atomic E-state index is 0.177. The van der Waals surface area contributed by atoms with E-state index >= 15 is 0 Å². The first-order chi connectivity index (χ1) is 10.9. The van der Waals surface area contributed by atoms with Gasteiger partial charge >= 0.3 is 0 Å². The molecule has 0 saturated heterocycles. The molecule has 1 amide bonds. The number of benzene rings is 1. The van der Waals surface area contributed by atoms with Crippen molar-refractivity contribution in [1.29, 1.82) is 0 Å². The number of carbonyl (C=O) groups excluding carboxylic acids is 1. The van der Waals surface area contributed by atoms with Crippen molar-refractivity contribution in [3.8, 4) is 0 Å². The number of carbonyl (C=O) groups is 1. The monoisotopic (exact) mass is 328 g/mol. The average Bonchev–Trinajstić information content (AvgIpc) is 2.50. The van der Waals surface area contributed by atoms with Crippen LogP contribution in [0.3, 0.4) is 0 Å². The van der Waals surface area contributed by atoms with E-state index in [1.165, 1.54) is 17.3 Å². The normalized spacial score (nSPS) is 11.4. The van der Waals surface area contributed by atoms with Gasteiger partial charge in [-0.1, -0.05) is 41.6 Å². The summed E-state index contributed by atoms with van der Waals surface area (Å²) >= 11 is 1.30. The van der Waals surface area contributed by atoms with E-state index in [0.29, 0.717) is 5.16 Å². The van der Waals surface area contributed by atoms with Crippen LogP contribution in [0, 0.1) is 20.8 Å². The Labute approximate surface area is 140 Å². The molecule has 0 unspecified atom stereocenters. The molecule has 120 valence electrons. The molecule has 1 aromatic heterocycles. The van der Waals surface area contributed by atoms with Crippen LogP contribution in [-0.2, 0) is 4.79 Å². The van der Waals surface area contributed by atoms with Crippen molar-refractivity contribution >= 4 is 23.4 Å². The van der Waals surface area contributed by atoms with Crippen molar-refractivity contribution in [2.75, 3.05) is 5.75 Å². The quantitative estimate of drug-likeness (QED) is 0.396. The number of hydrogen-bond acceptors (Lipinski definition) is 5. The van der Waals surface area contributed by atoms with Crippen LogP contribution < -0.4 is 5.43 Å². The number of aromatic nitrogens is 2. The van der Waals surface area contributed by atoms with Crippen molar-refractivity contribution in [3.63, 3.8) is 0 Å². The van der Waals surface area contributed by atoms with Crippen molar-refractivity contribution < 1.29 is 4.79 Å². The Morgan fingerprint density at radius 1 is 1.13 bits per heavy atom. The second-order valence-corrected chi connectivity index (χ2v) is 6.26. The molecule has 0 bridgehead atoms. The molecule has 2 rings (SSSR count). The van der Waals surface area contributed by atoms with E-state index in [0.717, 1.165) is 22.7 Å². The van der Waals surface area contributed by atoms with Gasteiger partial charge in [0.2, 0.25) is 0 Å². The number of aryl methyl sites for hydroxylation is 3. The number of rotatable bonds is 5. The third-order valence-corrected chi connectivity index (χ3v) is 3.96. The van der Waals surface area contributed by atoms with Gasteiger partial charge in [-0.2, -0.15) is 5.10 Å². The van der Waals surface area contributed by atoms with Crippen LogP contribution >= 0.6 is 11.8 Å². The lowest BCUT2D eigenvalue weighted by Crippen LogP contribution is -2.21. The smallest absolute Gasteiger partial charge is 0.250 e. The molecule has 0 radical (unpaired) electrons. The summed E-state index contributed by atoms with van der Waals surface area (Å²) in [5, 5.41) is 4.74. The Morgan fingerprint density at radius 3 is 2.35 bits per heavy atom.